The molecule has 5 rings (SSSR count). The maximum Gasteiger partial charge on any atom is 0.270 e. The zero-order chi connectivity index (χ0) is 28.1. The number of carbonyl (C=O) groups excluding carboxylic acids is 2. The van der Waals surface area contributed by atoms with Gasteiger partial charge >= 0.3 is 0 Å². The van der Waals surface area contributed by atoms with Crippen molar-refractivity contribution in [3.63, 3.8) is 0 Å². The van der Waals surface area contributed by atoms with E-state index in [0.717, 1.165) is 26.4 Å². The van der Waals surface area contributed by atoms with E-state index >= 15 is 0 Å². The fraction of sp³-hybridized carbons (Fsp3) is 0.0690. The van der Waals surface area contributed by atoms with E-state index < -0.39 is 16.1 Å². The maximum atomic E-state index is 13.5. The highest BCUT2D eigenvalue weighted by Gasteiger charge is 2.23. The molecule has 9 nitrogen and oxygen atoms in total. The van der Waals surface area contributed by atoms with Crippen LogP contribution in [-0.4, -0.2) is 28.8 Å². The van der Waals surface area contributed by atoms with Gasteiger partial charge in [-0.25, -0.2) is 4.98 Å². The van der Waals surface area contributed by atoms with Crippen LogP contribution >= 0.6 is 23.1 Å². The Bertz CT molecular complexity index is 1690. The second kappa shape index (κ2) is 12.0. The van der Waals surface area contributed by atoms with Crippen molar-refractivity contribution in [3.05, 3.63) is 118 Å². The summed E-state index contributed by atoms with van der Waals surface area (Å²) in [6, 6.07) is 27.6. The summed E-state index contributed by atoms with van der Waals surface area (Å²) in [4.78, 5) is 41.9. The number of aromatic nitrogens is 1. The Morgan fingerprint density at radius 1 is 0.950 bits per heavy atom. The van der Waals surface area contributed by atoms with Crippen molar-refractivity contribution >= 4 is 61.6 Å². The van der Waals surface area contributed by atoms with Crippen LogP contribution in [0.15, 0.2) is 102 Å². The van der Waals surface area contributed by atoms with Crippen molar-refractivity contribution in [3.8, 4) is 5.75 Å². The lowest BCUT2D eigenvalue weighted by atomic mass is 10.1. The number of carbonyl (C=O) groups is 2. The molecule has 0 radical (unpaired) electrons. The molecule has 1 heterocycles. The molecule has 1 unspecified atom stereocenters. The summed E-state index contributed by atoms with van der Waals surface area (Å²) in [7, 11) is 1.60. The molecule has 4 aromatic carbocycles. The normalized spacial score (nSPS) is 11.5. The van der Waals surface area contributed by atoms with E-state index in [2.05, 4.69) is 15.6 Å². The summed E-state index contributed by atoms with van der Waals surface area (Å²) >= 11 is 2.74. The van der Waals surface area contributed by atoms with E-state index in [4.69, 9.17) is 4.74 Å². The number of nitro benzene ring substituents is 1. The van der Waals surface area contributed by atoms with Crippen LogP contribution in [0.4, 0.5) is 16.5 Å². The van der Waals surface area contributed by atoms with Crippen LogP contribution in [0, 0.1) is 10.1 Å². The largest absolute Gasteiger partial charge is 0.497 e. The molecule has 0 aliphatic rings. The number of nitrogens with one attached hydrogen (secondary N) is 2. The van der Waals surface area contributed by atoms with Gasteiger partial charge in [0.2, 0.25) is 5.91 Å². The molecule has 0 aliphatic carbocycles. The molecule has 0 bridgehead atoms. The SMILES string of the molecule is COc1ccc2nc(NC(=O)C(Sc3ccc(NC(=O)c4cccc([N+](=O)[O-])c4)cc3)c3ccccc3)sc2c1. The average molecular weight is 571 g/mol. The Morgan fingerprint density at radius 2 is 1.73 bits per heavy atom. The summed E-state index contributed by atoms with van der Waals surface area (Å²) in [5.74, 6) is 0.0424. The first-order chi connectivity index (χ1) is 19.4. The van der Waals surface area contributed by atoms with E-state index in [0.29, 0.717) is 10.8 Å². The number of methoxy groups -OCH3 is 1. The fourth-order valence-corrected chi connectivity index (χ4v) is 5.80. The molecule has 5 aromatic rings. The number of nitrogens with zero attached hydrogens (tertiary/aromatic N) is 2. The Morgan fingerprint density at radius 3 is 2.45 bits per heavy atom. The number of benzene rings is 4. The number of ether oxygens (including phenoxy) is 1. The van der Waals surface area contributed by atoms with Crippen LogP contribution in [0.3, 0.4) is 0 Å². The van der Waals surface area contributed by atoms with Gasteiger partial charge in [0.25, 0.3) is 11.6 Å². The molecule has 1 aromatic heterocycles. The Labute approximate surface area is 237 Å². The number of amides is 2. The second-order valence-electron chi connectivity index (χ2n) is 8.54. The minimum absolute atomic E-state index is 0.157. The summed E-state index contributed by atoms with van der Waals surface area (Å²) < 4.78 is 6.18. The molecule has 0 fully saturated rings. The van der Waals surface area contributed by atoms with Gasteiger partial charge in [-0.05, 0) is 54.1 Å². The van der Waals surface area contributed by atoms with Gasteiger partial charge in [-0.2, -0.15) is 0 Å². The van der Waals surface area contributed by atoms with Gasteiger partial charge < -0.3 is 15.4 Å². The smallest absolute Gasteiger partial charge is 0.270 e. The van der Waals surface area contributed by atoms with Crippen LogP contribution in [0.2, 0.25) is 0 Å². The van der Waals surface area contributed by atoms with Crippen LogP contribution in [0.5, 0.6) is 5.75 Å². The van der Waals surface area contributed by atoms with Gasteiger partial charge in [0.1, 0.15) is 11.0 Å². The summed E-state index contributed by atoms with van der Waals surface area (Å²) in [5.41, 5.74) is 2.15. The number of non-ortho nitro benzene ring substituents is 1. The molecule has 2 amide bonds. The highest BCUT2D eigenvalue weighted by atomic mass is 32.2. The number of rotatable bonds is 9. The first-order valence-corrected chi connectivity index (χ1v) is 13.7. The molecule has 40 heavy (non-hydrogen) atoms. The van der Waals surface area contributed by atoms with E-state index in [1.165, 1.54) is 47.4 Å². The van der Waals surface area contributed by atoms with Crippen molar-refractivity contribution < 1.29 is 19.2 Å². The molecular formula is C29H22N4O5S2. The van der Waals surface area contributed by atoms with Crippen LogP contribution in [0.25, 0.3) is 10.2 Å². The zero-order valence-corrected chi connectivity index (χ0v) is 22.7. The molecule has 1 atom stereocenters. The highest BCUT2D eigenvalue weighted by Crippen LogP contribution is 2.38. The van der Waals surface area contributed by atoms with Gasteiger partial charge in [0, 0.05) is 28.3 Å². The van der Waals surface area contributed by atoms with Crippen molar-refractivity contribution in [2.45, 2.75) is 10.1 Å². The van der Waals surface area contributed by atoms with Crippen LogP contribution in [0.1, 0.15) is 21.2 Å². The predicted molar refractivity (Wildman–Crippen MR) is 157 cm³/mol. The second-order valence-corrected chi connectivity index (χ2v) is 10.7. The van der Waals surface area contributed by atoms with E-state index in [-0.39, 0.29) is 17.2 Å². The third-order valence-corrected chi connectivity index (χ3v) is 8.05. The number of hydrogen-bond donors (Lipinski definition) is 2. The summed E-state index contributed by atoms with van der Waals surface area (Å²) in [6.07, 6.45) is 0. The van der Waals surface area contributed by atoms with Crippen molar-refractivity contribution in [2.24, 2.45) is 0 Å². The summed E-state index contributed by atoms with van der Waals surface area (Å²) in [6.45, 7) is 0. The number of nitro groups is 1. The van der Waals surface area contributed by atoms with Gasteiger partial charge in [0.15, 0.2) is 5.13 Å². The average Bonchev–Trinajstić information content (AvgIpc) is 3.38. The standard InChI is InChI=1S/C29H22N4O5S2/c1-38-22-12-15-24-25(17-22)40-29(31-24)32-28(35)26(18-6-3-2-4-7-18)39-23-13-10-20(11-14-23)30-27(34)19-8-5-9-21(16-19)33(36)37/h2-17,26H,1H3,(H,30,34)(H,31,32,35). The Hall–Kier alpha value is -4.74. The molecule has 200 valence electrons. The van der Waals surface area contributed by atoms with Crippen molar-refractivity contribution in [1.29, 1.82) is 0 Å². The molecule has 2 N–H and O–H groups in total. The van der Waals surface area contributed by atoms with Gasteiger partial charge in [-0.1, -0.05) is 47.7 Å². The molecule has 0 spiro atoms. The number of hydrogen-bond acceptors (Lipinski definition) is 8. The molecule has 0 aliphatic heterocycles. The first kappa shape index (κ1) is 26.9. The fourth-order valence-electron chi connectivity index (χ4n) is 3.87. The topological polar surface area (TPSA) is 123 Å². The monoisotopic (exact) mass is 570 g/mol. The Kier molecular flexibility index (Phi) is 8.04. The number of fused-ring (bicyclic) bond motifs is 1. The van der Waals surface area contributed by atoms with Crippen molar-refractivity contribution in [2.75, 3.05) is 17.7 Å². The highest BCUT2D eigenvalue weighted by molar-refractivity contribution is 8.00. The lowest BCUT2D eigenvalue weighted by molar-refractivity contribution is -0.384. The summed E-state index contributed by atoms with van der Waals surface area (Å²) in [5, 5.41) is 16.6. The molecule has 0 saturated heterocycles. The molecule has 11 heteroatoms. The molecular weight excluding hydrogens is 548 g/mol. The zero-order valence-electron chi connectivity index (χ0n) is 21.1. The molecule has 0 saturated carbocycles. The van der Waals surface area contributed by atoms with E-state index in [1.807, 2.05) is 48.5 Å². The first-order valence-electron chi connectivity index (χ1n) is 12.0. The van der Waals surface area contributed by atoms with E-state index in [9.17, 15) is 19.7 Å². The number of thioether (sulfide) groups is 1. The quantitative estimate of drug-likeness (QED) is 0.112. The van der Waals surface area contributed by atoms with Gasteiger partial charge in [0.05, 0.1) is 22.2 Å². The third-order valence-electron chi connectivity index (χ3n) is 5.85. The van der Waals surface area contributed by atoms with Crippen LogP contribution < -0.4 is 15.4 Å². The van der Waals surface area contributed by atoms with Crippen molar-refractivity contribution in [1.82, 2.24) is 4.98 Å². The number of thiazole rings is 1. The van der Waals surface area contributed by atoms with Crippen LogP contribution in [-0.2, 0) is 4.79 Å². The lowest BCUT2D eigenvalue weighted by Gasteiger charge is -2.16. The Balaban J connectivity index is 1.31. The lowest BCUT2D eigenvalue weighted by Crippen LogP contribution is -2.18. The van der Waals surface area contributed by atoms with Gasteiger partial charge in [-0.15, -0.1) is 11.8 Å². The minimum Gasteiger partial charge on any atom is -0.497 e. The maximum absolute atomic E-state index is 13.5. The number of anilines is 2. The van der Waals surface area contributed by atoms with E-state index in [1.54, 1.807) is 31.4 Å². The predicted octanol–water partition coefficient (Wildman–Crippen LogP) is 6.94. The minimum atomic E-state index is -0.562. The van der Waals surface area contributed by atoms with Gasteiger partial charge in [-0.3, -0.25) is 19.7 Å². The third kappa shape index (κ3) is 6.28.